The van der Waals surface area contributed by atoms with E-state index >= 15 is 0 Å². The van der Waals surface area contributed by atoms with Gasteiger partial charge in [-0.3, -0.25) is 9.20 Å². The molecule has 4 heterocycles. The minimum atomic E-state index is 0.108. The average Bonchev–Trinajstić information content (AvgIpc) is 3.08. The van der Waals surface area contributed by atoms with Crippen molar-refractivity contribution >= 4 is 11.6 Å². The van der Waals surface area contributed by atoms with E-state index in [9.17, 15) is 4.79 Å². The Hall–Kier alpha value is -2.63. The smallest absolute Gasteiger partial charge is 0.226 e. The largest absolute Gasteiger partial charge is 0.469 e. The summed E-state index contributed by atoms with van der Waals surface area (Å²) >= 11 is 0. The first-order valence-corrected chi connectivity index (χ1v) is 8.93. The van der Waals surface area contributed by atoms with E-state index in [1.54, 1.807) is 6.26 Å². The number of hydrogen-bond acceptors (Lipinski definition) is 4. The van der Waals surface area contributed by atoms with Crippen LogP contribution in [0.15, 0.2) is 47.2 Å². The van der Waals surface area contributed by atoms with Gasteiger partial charge in [0.2, 0.25) is 5.91 Å². The SMILES string of the molecule is O=C(C1CC1c1ccco1)N1CCC(c2nnc3ccccn23)CC1. The van der Waals surface area contributed by atoms with Crippen LogP contribution in [0, 0.1) is 5.92 Å². The summed E-state index contributed by atoms with van der Waals surface area (Å²) in [7, 11) is 0. The molecule has 2 atom stereocenters. The van der Waals surface area contributed by atoms with Crippen LogP contribution in [-0.2, 0) is 4.79 Å². The van der Waals surface area contributed by atoms with Gasteiger partial charge in [-0.2, -0.15) is 0 Å². The molecule has 2 aliphatic rings. The molecule has 0 spiro atoms. The molecule has 1 saturated carbocycles. The highest BCUT2D eigenvalue weighted by Crippen LogP contribution is 2.49. The fourth-order valence-electron chi connectivity index (χ4n) is 4.02. The number of fused-ring (bicyclic) bond motifs is 1. The molecule has 1 saturated heterocycles. The number of carbonyl (C=O) groups excluding carboxylic acids is 1. The standard InChI is InChI=1S/C19H20N4O2/c24-19(15-12-14(15)16-4-3-11-25-16)22-9-6-13(7-10-22)18-21-20-17-5-1-2-8-23(17)18/h1-5,8,11,13-15H,6-7,9-10,12H2. The second-order valence-corrected chi connectivity index (χ2v) is 7.05. The minimum absolute atomic E-state index is 0.108. The lowest BCUT2D eigenvalue weighted by Gasteiger charge is -2.31. The van der Waals surface area contributed by atoms with Crippen molar-refractivity contribution in [3.05, 3.63) is 54.4 Å². The molecule has 1 amide bonds. The number of aromatic nitrogens is 3. The molecule has 0 N–H and O–H groups in total. The van der Waals surface area contributed by atoms with Gasteiger partial charge < -0.3 is 9.32 Å². The zero-order valence-electron chi connectivity index (χ0n) is 13.9. The first kappa shape index (κ1) is 14.7. The van der Waals surface area contributed by atoms with Gasteiger partial charge in [0.05, 0.1) is 6.26 Å². The number of hydrogen-bond donors (Lipinski definition) is 0. The second kappa shape index (κ2) is 5.72. The van der Waals surface area contributed by atoms with E-state index in [-0.39, 0.29) is 17.7 Å². The van der Waals surface area contributed by atoms with Gasteiger partial charge in [-0.15, -0.1) is 10.2 Å². The fraction of sp³-hybridized carbons (Fsp3) is 0.421. The maximum absolute atomic E-state index is 12.7. The highest BCUT2D eigenvalue weighted by Gasteiger charge is 2.47. The van der Waals surface area contributed by atoms with Gasteiger partial charge in [-0.1, -0.05) is 6.07 Å². The summed E-state index contributed by atoms with van der Waals surface area (Å²) in [5.74, 6) is 3.00. The molecule has 2 fully saturated rings. The first-order chi connectivity index (χ1) is 12.3. The first-order valence-electron chi connectivity index (χ1n) is 8.93. The topological polar surface area (TPSA) is 63.6 Å². The van der Waals surface area contributed by atoms with Gasteiger partial charge in [0.15, 0.2) is 5.65 Å². The summed E-state index contributed by atoms with van der Waals surface area (Å²) in [6.07, 6.45) is 6.50. The third kappa shape index (κ3) is 2.52. The van der Waals surface area contributed by atoms with Crippen molar-refractivity contribution in [3.8, 4) is 0 Å². The van der Waals surface area contributed by atoms with E-state index in [1.165, 1.54) is 0 Å². The van der Waals surface area contributed by atoms with Crippen molar-refractivity contribution in [1.82, 2.24) is 19.5 Å². The Balaban J connectivity index is 1.24. The predicted octanol–water partition coefficient (Wildman–Crippen LogP) is 2.83. The lowest BCUT2D eigenvalue weighted by Crippen LogP contribution is -2.39. The van der Waals surface area contributed by atoms with E-state index in [1.807, 2.05) is 41.4 Å². The Morgan fingerprint density at radius 1 is 1.12 bits per heavy atom. The van der Waals surface area contributed by atoms with E-state index in [4.69, 9.17) is 4.42 Å². The van der Waals surface area contributed by atoms with Crippen molar-refractivity contribution in [2.24, 2.45) is 5.92 Å². The van der Waals surface area contributed by atoms with Crippen molar-refractivity contribution in [1.29, 1.82) is 0 Å². The number of carbonyl (C=O) groups is 1. The molecule has 3 aromatic heterocycles. The number of pyridine rings is 1. The Morgan fingerprint density at radius 2 is 2.00 bits per heavy atom. The Bertz CT molecular complexity index is 893. The van der Waals surface area contributed by atoms with Crippen LogP contribution in [0.4, 0.5) is 0 Å². The summed E-state index contributed by atoms with van der Waals surface area (Å²) in [5, 5.41) is 8.63. The third-order valence-electron chi connectivity index (χ3n) is 5.53. The molecule has 0 radical (unpaired) electrons. The number of amides is 1. The number of nitrogens with zero attached hydrogens (tertiary/aromatic N) is 4. The molecule has 0 aromatic carbocycles. The van der Waals surface area contributed by atoms with Crippen LogP contribution in [0.25, 0.3) is 5.65 Å². The molecule has 0 bridgehead atoms. The molecule has 1 aliphatic heterocycles. The van der Waals surface area contributed by atoms with E-state index in [0.717, 1.165) is 49.6 Å². The van der Waals surface area contributed by atoms with Crippen LogP contribution in [0.1, 0.15) is 42.7 Å². The molecular formula is C19H20N4O2. The van der Waals surface area contributed by atoms with Gasteiger partial charge >= 0.3 is 0 Å². The molecule has 6 heteroatoms. The van der Waals surface area contributed by atoms with Crippen LogP contribution >= 0.6 is 0 Å². The van der Waals surface area contributed by atoms with Gasteiger partial charge in [-0.25, -0.2) is 0 Å². The van der Waals surface area contributed by atoms with E-state index < -0.39 is 0 Å². The zero-order chi connectivity index (χ0) is 16.8. The fourth-order valence-corrected chi connectivity index (χ4v) is 4.02. The zero-order valence-corrected chi connectivity index (χ0v) is 13.9. The van der Waals surface area contributed by atoms with Gasteiger partial charge in [0, 0.05) is 37.0 Å². The molecular weight excluding hydrogens is 316 g/mol. The van der Waals surface area contributed by atoms with Gasteiger partial charge in [-0.05, 0) is 43.5 Å². The molecule has 3 aromatic rings. The van der Waals surface area contributed by atoms with Crippen molar-refractivity contribution < 1.29 is 9.21 Å². The highest BCUT2D eigenvalue weighted by molar-refractivity contribution is 5.83. The Kier molecular flexibility index (Phi) is 3.36. The second-order valence-electron chi connectivity index (χ2n) is 7.05. The number of piperidine rings is 1. The van der Waals surface area contributed by atoms with Crippen LogP contribution in [0.5, 0.6) is 0 Å². The van der Waals surface area contributed by atoms with Gasteiger partial charge in [0.1, 0.15) is 11.6 Å². The summed E-state index contributed by atoms with van der Waals surface area (Å²) < 4.78 is 7.51. The summed E-state index contributed by atoms with van der Waals surface area (Å²) in [4.78, 5) is 14.7. The lowest BCUT2D eigenvalue weighted by molar-refractivity contribution is -0.133. The Labute approximate surface area is 145 Å². The highest BCUT2D eigenvalue weighted by atomic mass is 16.3. The van der Waals surface area contributed by atoms with Crippen LogP contribution in [0.2, 0.25) is 0 Å². The molecule has 128 valence electrons. The van der Waals surface area contributed by atoms with Crippen molar-refractivity contribution in [3.63, 3.8) is 0 Å². The summed E-state index contributed by atoms with van der Waals surface area (Å²) in [5.41, 5.74) is 0.885. The summed E-state index contributed by atoms with van der Waals surface area (Å²) in [6, 6.07) is 9.81. The molecule has 25 heavy (non-hydrogen) atoms. The van der Waals surface area contributed by atoms with Crippen LogP contribution < -0.4 is 0 Å². The predicted molar refractivity (Wildman–Crippen MR) is 91.1 cm³/mol. The molecule has 2 unspecified atom stereocenters. The molecule has 5 rings (SSSR count). The molecule has 1 aliphatic carbocycles. The quantitative estimate of drug-likeness (QED) is 0.738. The minimum Gasteiger partial charge on any atom is -0.469 e. The third-order valence-corrected chi connectivity index (χ3v) is 5.53. The lowest BCUT2D eigenvalue weighted by atomic mass is 9.95. The Morgan fingerprint density at radius 3 is 2.80 bits per heavy atom. The van der Waals surface area contributed by atoms with E-state index in [2.05, 4.69) is 14.6 Å². The van der Waals surface area contributed by atoms with Crippen LogP contribution in [0.3, 0.4) is 0 Å². The average molecular weight is 336 g/mol. The number of furan rings is 1. The van der Waals surface area contributed by atoms with Crippen molar-refractivity contribution in [2.45, 2.75) is 31.1 Å². The number of rotatable bonds is 3. The van der Waals surface area contributed by atoms with Crippen molar-refractivity contribution in [2.75, 3.05) is 13.1 Å². The maximum Gasteiger partial charge on any atom is 0.226 e. The monoisotopic (exact) mass is 336 g/mol. The molecule has 6 nitrogen and oxygen atoms in total. The van der Waals surface area contributed by atoms with Crippen LogP contribution in [-0.4, -0.2) is 38.5 Å². The van der Waals surface area contributed by atoms with Gasteiger partial charge in [0.25, 0.3) is 0 Å². The normalized spacial score (nSPS) is 23.9. The maximum atomic E-state index is 12.7. The summed E-state index contributed by atoms with van der Waals surface area (Å²) in [6.45, 7) is 1.60. The van der Waals surface area contributed by atoms with E-state index in [0.29, 0.717) is 5.92 Å². The number of likely N-dealkylation sites (tertiary alicyclic amines) is 1.